The first-order valence-electron chi connectivity index (χ1n) is 9.61. The zero-order chi connectivity index (χ0) is 22.1. The van der Waals surface area contributed by atoms with Gasteiger partial charge in [0, 0.05) is 12.1 Å². The van der Waals surface area contributed by atoms with Crippen LogP contribution in [-0.2, 0) is 14.3 Å². The summed E-state index contributed by atoms with van der Waals surface area (Å²) in [6.45, 7) is 6.98. The van der Waals surface area contributed by atoms with Gasteiger partial charge in [0.2, 0.25) is 5.91 Å². The maximum Gasteiger partial charge on any atom is 0.441 e. The lowest BCUT2D eigenvalue weighted by Gasteiger charge is -2.35. The first-order chi connectivity index (χ1) is 13.6. The summed E-state index contributed by atoms with van der Waals surface area (Å²) < 4.78 is 52.2. The predicted molar refractivity (Wildman–Crippen MR) is 103 cm³/mol. The van der Waals surface area contributed by atoms with Crippen molar-refractivity contribution in [2.75, 3.05) is 18.5 Å². The highest BCUT2D eigenvalue weighted by atomic mass is 19.4. The van der Waals surface area contributed by atoms with Gasteiger partial charge < -0.3 is 20.1 Å². The van der Waals surface area contributed by atoms with Gasteiger partial charge in [-0.1, -0.05) is 27.2 Å². The van der Waals surface area contributed by atoms with E-state index in [1.807, 2.05) is 12.2 Å². The second-order valence-corrected chi connectivity index (χ2v) is 6.97. The summed E-state index contributed by atoms with van der Waals surface area (Å²) in [4.78, 5) is 24.5. The van der Waals surface area contributed by atoms with Crippen LogP contribution in [0, 0.1) is 5.92 Å². The van der Waals surface area contributed by atoms with E-state index >= 15 is 0 Å². The van der Waals surface area contributed by atoms with Gasteiger partial charge in [-0.05, 0) is 43.5 Å². The zero-order valence-corrected chi connectivity index (χ0v) is 17.2. The molecule has 0 heterocycles. The van der Waals surface area contributed by atoms with Crippen molar-refractivity contribution in [3.05, 3.63) is 24.3 Å². The smallest absolute Gasteiger partial charge is 0.441 e. The van der Waals surface area contributed by atoms with Crippen LogP contribution in [0.15, 0.2) is 24.3 Å². The summed E-state index contributed by atoms with van der Waals surface area (Å²) in [6.07, 6.45) is -3.53. The summed E-state index contributed by atoms with van der Waals surface area (Å²) in [5.74, 6) is -2.26. The van der Waals surface area contributed by atoms with Gasteiger partial charge in [-0.3, -0.25) is 4.79 Å². The Labute approximate surface area is 169 Å². The molecule has 0 aliphatic carbocycles. The van der Waals surface area contributed by atoms with Gasteiger partial charge in [0.1, 0.15) is 5.75 Å². The van der Waals surface area contributed by atoms with E-state index in [9.17, 15) is 22.8 Å². The van der Waals surface area contributed by atoms with E-state index in [-0.39, 0.29) is 24.6 Å². The first kappa shape index (κ1) is 24.6. The molecule has 1 unspecified atom stereocenters. The molecule has 9 heteroatoms. The van der Waals surface area contributed by atoms with E-state index in [1.165, 1.54) is 31.2 Å². The van der Waals surface area contributed by atoms with E-state index in [2.05, 4.69) is 10.1 Å². The highest BCUT2D eigenvalue weighted by molar-refractivity contribution is 5.91. The molecule has 0 bridgehead atoms. The van der Waals surface area contributed by atoms with Gasteiger partial charge >= 0.3 is 17.8 Å². The Morgan fingerprint density at radius 2 is 1.72 bits per heavy atom. The van der Waals surface area contributed by atoms with Crippen molar-refractivity contribution in [3.8, 4) is 5.75 Å². The number of hydrogen-bond donors (Lipinski definition) is 2. The van der Waals surface area contributed by atoms with E-state index in [0.29, 0.717) is 12.4 Å². The molecule has 29 heavy (non-hydrogen) atoms. The van der Waals surface area contributed by atoms with E-state index < -0.39 is 23.7 Å². The van der Waals surface area contributed by atoms with Gasteiger partial charge in [0.05, 0.1) is 13.2 Å². The molecule has 164 valence electrons. The Balaban J connectivity index is 3.18. The molecule has 1 aromatic rings. The van der Waals surface area contributed by atoms with Gasteiger partial charge in [-0.15, -0.1) is 0 Å². The van der Waals surface area contributed by atoms with E-state index in [4.69, 9.17) is 4.74 Å². The van der Waals surface area contributed by atoms with Crippen molar-refractivity contribution in [1.82, 2.24) is 5.32 Å². The van der Waals surface area contributed by atoms with Gasteiger partial charge in [0.25, 0.3) is 0 Å². The summed E-state index contributed by atoms with van der Waals surface area (Å²) in [5.41, 5.74) is -3.43. The molecule has 0 radical (unpaired) electrons. The quantitative estimate of drug-likeness (QED) is 0.319. The van der Waals surface area contributed by atoms with Crippen LogP contribution in [0.4, 0.5) is 18.9 Å². The molecule has 0 aromatic heterocycles. The van der Waals surface area contributed by atoms with E-state index in [0.717, 1.165) is 12.8 Å². The van der Waals surface area contributed by atoms with E-state index in [1.54, 1.807) is 13.8 Å². The fourth-order valence-electron chi connectivity index (χ4n) is 2.45. The molecule has 1 aromatic carbocycles. The number of esters is 1. The maximum atomic E-state index is 14.0. The number of benzene rings is 1. The molecule has 1 amide bonds. The highest BCUT2D eigenvalue weighted by Gasteiger charge is 2.63. The minimum atomic E-state index is -5.15. The Morgan fingerprint density at radius 1 is 1.10 bits per heavy atom. The van der Waals surface area contributed by atoms with Crippen LogP contribution in [0.5, 0.6) is 5.75 Å². The molecule has 0 saturated carbocycles. The summed E-state index contributed by atoms with van der Waals surface area (Å²) in [6, 6.07) is 5.66. The Hall–Kier alpha value is -2.45. The van der Waals surface area contributed by atoms with Crippen molar-refractivity contribution >= 4 is 17.6 Å². The monoisotopic (exact) mass is 418 g/mol. The predicted octanol–water partition coefficient (Wildman–Crippen LogP) is 4.26. The second kappa shape index (κ2) is 10.9. The largest absolute Gasteiger partial charge is 0.494 e. The van der Waals surface area contributed by atoms with Crippen molar-refractivity contribution in [3.63, 3.8) is 0 Å². The first-order valence-corrected chi connectivity index (χ1v) is 9.61. The Bertz CT molecular complexity index is 663. The average Bonchev–Trinajstić information content (AvgIpc) is 2.61. The second-order valence-electron chi connectivity index (χ2n) is 6.97. The number of ether oxygens (including phenoxy) is 2. The molecule has 0 fully saturated rings. The molecule has 1 rings (SSSR count). The number of alkyl halides is 3. The molecule has 2 N–H and O–H groups in total. The number of carbonyl (C=O) groups excluding carboxylic acids is 2. The van der Waals surface area contributed by atoms with Crippen LogP contribution in [0.2, 0.25) is 0 Å². The summed E-state index contributed by atoms with van der Waals surface area (Å²) in [7, 11) is 0. The Kier molecular flexibility index (Phi) is 9.26. The van der Waals surface area contributed by atoms with Crippen molar-refractivity contribution in [2.24, 2.45) is 5.92 Å². The number of anilines is 1. The zero-order valence-electron chi connectivity index (χ0n) is 17.2. The van der Waals surface area contributed by atoms with Crippen LogP contribution in [0.3, 0.4) is 0 Å². The highest BCUT2D eigenvalue weighted by Crippen LogP contribution is 2.34. The molecular formula is C20H29F3N2O4. The van der Waals surface area contributed by atoms with Crippen molar-refractivity contribution < 1.29 is 32.2 Å². The Morgan fingerprint density at radius 3 is 2.21 bits per heavy atom. The molecular weight excluding hydrogens is 389 g/mol. The number of halogens is 3. The molecule has 1 atom stereocenters. The lowest BCUT2D eigenvalue weighted by Crippen LogP contribution is -2.69. The van der Waals surface area contributed by atoms with Crippen LogP contribution >= 0.6 is 0 Å². The number of hydrogen-bond acceptors (Lipinski definition) is 5. The number of nitrogens with one attached hydrogen (secondary N) is 2. The van der Waals surface area contributed by atoms with Gasteiger partial charge in [0.15, 0.2) is 0 Å². The molecule has 6 nitrogen and oxygen atoms in total. The van der Waals surface area contributed by atoms with Crippen LogP contribution in [-0.4, -0.2) is 36.9 Å². The van der Waals surface area contributed by atoms with Crippen LogP contribution in [0.1, 0.15) is 47.0 Å². The average molecular weight is 418 g/mol. The lowest BCUT2D eigenvalue weighted by atomic mass is 10.1. The van der Waals surface area contributed by atoms with Crippen molar-refractivity contribution in [2.45, 2.75) is 58.8 Å². The molecule has 0 spiro atoms. The number of rotatable bonds is 11. The minimum Gasteiger partial charge on any atom is -0.494 e. The number of amides is 1. The third-order valence-electron chi connectivity index (χ3n) is 3.88. The van der Waals surface area contributed by atoms with Gasteiger partial charge in [-0.2, -0.15) is 13.2 Å². The minimum absolute atomic E-state index is 0.0249. The molecule has 0 aliphatic heterocycles. The van der Waals surface area contributed by atoms with Crippen LogP contribution < -0.4 is 15.4 Å². The third-order valence-corrected chi connectivity index (χ3v) is 3.88. The fourth-order valence-corrected chi connectivity index (χ4v) is 2.45. The maximum absolute atomic E-state index is 14.0. The summed E-state index contributed by atoms with van der Waals surface area (Å²) >= 11 is 0. The third kappa shape index (κ3) is 7.14. The normalized spacial score (nSPS) is 13.5. The SMILES string of the molecule is CCCCOc1ccc(NC(NC(=O)CC(C)C)(C(=O)OCC)C(F)(F)F)cc1. The standard InChI is InChI=1S/C20H29F3N2O4/c1-5-7-12-29-16-10-8-15(9-11-16)24-19(20(21,22)23,18(27)28-6-2)25-17(26)13-14(3)4/h8-11,14,24H,5-7,12-13H2,1-4H3,(H,25,26). The summed E-state index contributed by atoms with van der Waals surface area (Å²) in [5, 5.41) is 3.94. The number of unbranched alkanes of at least 4 members (excludes halogenated alkanes) is 1. The number of carbonyl (C=O) groups is 2. The topological polar surface area (TPSA) is 76.7 Å². The lowest BCUT2D eigenvalue weighted by molar-refractivity contribution is -0.208. The van der Waals surface area contributed by atoms with Crippen molar-refractivity contribution in [1.29, 1.82) is 0 Å². The molecule has 0 saturated heterocycles. The fraction of sp³-hybridized carbons (Fsp3) is 0.600. The van der Waals surface area contributed by atoms with Crippen LogP contribution in [0.25, 0.3) is 0 Å². The molecule has 0 aliphatic rings. The van der Waals surface area contributed by atoms with Gasteiger partial charge in [-0.25, -0.2) is 4.79 Å².